The number of aliphatic hydroxyl groups is 1. The molecule has 0 spiro atoms. The smallest absolute Gasteiger partial charge is 0.254 e. The van der Waals surface area contributed by atoms with E-state index in [1.165, 1.54) is 0 Å². The molecule has 0 unspecified atom stereocenters. The van der Waals surface area contributed by atoms with Crippen LogP contribution < -0.4 is 5.32 Å². The van der Waals surface area contributed by atoms with Gasteiger partial charge in [-0.15, -0.1) is 0 Å². The molecule has 2 rings (SSSR count). The molecule has 1 aromatic rings. The van der Waals surface area contributed by atoms with Gasteiger partial charge in [0.25, 0.3) is 5.91 Å². The van der Waals surface area contributed by atoms with Crippen LogP contribution in [-0.2, 0) is 0 Å². The molecular weight excluding hydrogens is 283 g/mol. The second kappa shape index (κ2) is 6.06. The van der Waals surface area contributed by atoms with Crippen molar-refractivity contribution in [3.63, 3.8) is 0 Å². The Kier molecular flexibility index (Phi) is 4.60. The summed E-state index contributed by atoms with van der Waals surface area (Å²) in [4.78, 5) is 15.5. The molecule has 0 aromatic carbocycles. The summed E-state index contributed by atoms with van der Waals surface area (Å²) in [6.45, 7) is 2.29. The van der Waals surface area contributed by atoms with E-state index < -0.39 is 17.3 Å². The van der Waals surface area contributed by atoms with Gasteiger partial charge < -0.3 is 10.4 Å². The van der Waals surface area contributed by atoms with Crippen LogP contribution in [0.2, 0.25) is 5.15 Å². The van der Waals surface area contributed by atoms with E-state index in [0.717, 1.165) is 25.1 Å². The van der Waals surface area contributed by atoms with Gasteiger partial charge in [0.2, 0.25) is 0 Å². The lowest BCUT2D eigenvalue weighted by Gasteiger charge is -2.34. The number of rotatable bonds is 3. The number of carbonyl (C=O) groups is 1. The zero-order valence-corrected chi connectivity index (χ0v) is 12.1. The van der Waals surface area contributed by atoms with Crippen molar-refractivity contribution in [3.05, 3.63) is 28.8 Å². The van der Waals surface area contributed by atoms with Crippen LogP contribution in [0.25, 0.3) is 0 Å². The van der Waals surface area contributed by atoms with Gasteiger partial charge in [-0.3, -0.25) is 4.79 Å². The van der Waals surface area contributed by atoms with E-state index in [1.807, 2.05) is 0 Å². The predicted octanol–water partition coefficient (Wildman–Crippen LogP) is 2.55. The number of halogens is 2. The van der Waals surface area contributed by atoms with E-state index in [1.54, 1.807) is 0 Å². The Morgan fingerprint density at radius 2 is 2.25 bits per heavy atom. The number of carbonyl (C=O) groups excluding carboxylic acids is 1. The van der Waals surface area contributed by atoms with Gasteiger partial charge in [-0.1, -0.05) is 18.5 Å². The molecule has 0 saturated heterocycles. The second-order valence-corrected chi connectivity index (χ2v) is 5.94. The van der Waals surface area contributed by atoms with Crippen molar-refractivity contribution in [1.82, 2.24) is 10.3 Å². The maximum Gasteiger partial charge on any atom is 0.254 e. The van der Waals surface area contributed by atoms with Gasteiger partial charge in [0.05, 0.1) is 17.4 Å². The fourth-order valence-corrected chi connectivity index (χ4v) is 2.59. The first-order valence-electron chi connectivity index (χ1n) is 6.71. The van der Waals surface area contributed by atoms with Crippen LogP contribution in [0.3, 0.4) is 0 Å². The Morgan fingerprint density at radius 3 is 2.90 bits per heavy atom. The van der Waals surface area contributed by atoms with Crippen molar-refractivity contribution in [3.8, 4) is 0 Å². The Bertz CT molecular complexity index is 502. The van der Waals surface area contributed by atoms with Crippen molar-refractivity contribution < 1.29 is 14.3 Å². The Morgan fingerprint density at radius 1 is 1.60 bits per heavy atom. The van der Waals surface area contributed by atoms with E-state index >= 15 is 0 Å². The van der Waals surface area contributed by atoms with Crippen molar-refractivity contribution in [2.24, 2.45) is 5.92 Å². The van der Waals surface area contributed by atoms with Crippen molar-refractivity contribution >= 4 is 17.5 Å². The zero-order chi connectivity index (χ0) is 14.8. The largest absolute Gasteiger partial charge is 0.388 e. The summed E-state index contributed by atoms with van der Waals surface area (Å²) in [5.41, 5.74) is -0.894. The predicted molar refractivity (Wildman–Crippen MR) is 74.1 cm³/mol. The normalized spacial score (nSPS) is 26.3. The number of nitrogens with zero attached hydrogens (tertiary/aromatic N) is 1. The van der Waals surface area contributed by atoms with E-state index in [4.69, 9.17) is 11.6 Å². The number of hydrogen-bond acceptors (Lipinski definition) is 3. The minimum atomic E-state index is -0.880. The van der Waals surface area contributed by atoms with E-state index in [9.17, 15) is 14.3 Å². The highest BCUT2D eigenvalue weighted by atomic mass is 35.5. The second-order valence-electron chi connectivity index (χ2n) is 5.58. The van der Waals surface area contributed by atoms with Crippen molar-refractivity contribution in [2.45, 2.75) is 38.2 Å². The van der Waals surface area contributed by atoms with Crippen LogP contribution in [0.15, 0.2) is 12.3 Å². The van der Waals surface area contributed by atoms with Gasteiger partial charge in [-0.05, 0) is 37.7 Å². The Hall–Kier alpha value is -1.20. The van der Waals surface area contributed by atoms with Crippen LogP contribution in [0, 0.1) is 11.7 Å². The monoisotopic (exact) mass is 300 g/mol. The topological polar surface area (TPSA) is 62.2 Å². The Balaban J connectivity index is 1.97. The first kappa shape index (κ1) is 15.2. The number of nitrogens with one attached hydrogen (secondary N) is 1. The minimum Gasteiger partial charge on any atom is -0.388 e. The molecule has 1 fully saturated rings. The van der Waals surface area contributed by atoms with Crippen LogP contribution >= 0.6 is 11.6 Å². The molecule has 4 nitrogen and oxygen atoms in total. The molecule has 0 atom stereocenters. The van der Waals surface area contributed by atoms with E-state index in [-0.39, 0.29) is 17.3 Å². The third-order valence-corrected chi connectivity index (χ3v) is 4.13. The lowest BCUT2D eigenvalue weighted by atomic mass is 9.79. The Labute approximate surface area is 122 Å². The first-order valence-corrected chi connectivity index (χ1v) is 7.09. The number of aromatic nitrogens is 1. The van der Waals surface area contributed by atoms with Crippen LogP contribution in [0.5, 0.6) is 0 Å². The standard InChI is InChI=1S/C14H18ClFN2O2/c1-9-2-4-14(20,5-3-9)8-18-13(19)11-6-10(16)7-17-12(11)15/h6-7,9,20H,2-5,8H2,1H3,(H,18,19). The zero-order valence-electron chi connectivity index (χ0n) is 11.3. The van der Waals surface area contributed by atoms with E-state index in [2.05, 4.69) is 17.2 Å². The fraction of sp³-hybridized carbons (Fsp3) is 0.571. The maximum atomic E-state index is 13.1. The van der Waals surface area contributed by atoms with Gasteiger partial charge in [0, 0.05) is 6.54 Å². The lowest BCUT2D eigenvalue weighted by molar-refractivity contribution is -0.00540. The van der Waals surface area contributed by atoms with Gasteiger partial charge in [-0.2, -0.15) is 0 Å². The quantitative estimate of drug-likeness (QED) is 0.843. The molecule has 6 heteroatoms. The van der Waals surface area contributed by atoms with E-state index in [0.29, 0.717) is 18.8 Å². The average Bonchev–Trinajstić information content (AvgIpc) is 2.43. The minimum absolute atomic E-state index is 0.0144. The summed E-state index contributed by atoms with van der Waals surface area (Å²) in [5, 5.41) is 12.9. The first-order chi connectivity index (χ1) is 9.39. The van der Waals surface area contributed by atoms with Crippen molar-refractivity contribution in [1.29, 1.82) is 0 Å². The molecule has 110 valence electrons. The average molecular weight is 301 g/mol. The maximum absolute atomic E-state index is 13.1. The molecule has 2 N–H and O–H groups in total. The van der Waals surface area contributed by atoms with Gasteiger partial charge in [0.15, 0.2) is 0 Å². The molecule has 1 aromatic heterocycles. The lowest BCUT2D eigenvalue weighted by Crippen LogP contribution is -2.45. The third kappa shape index (κ3) is 3.67. The van der Waals surface area contributed by atoms with Gasteiger partial charge in [0.1, 0.15) is 11.0 Å². The summed E-state index contributed by atoms with van der Waals surface area (Å²) < 4.78 is 13.1. The van der Waals surface area contributed by atoms with Crippen LogP contribution in [0.1, 0.15) is 43.0 Å². The number of amides is 1. The van der Waals surface area contributed by atoms with Gasteiger partial charge >= 0.3 is 0 Å². The van der Waals surface area contributed by atoms with Crippen LogP contribution in [0.4, 0.5) is 4.39 Å². The highest BCUT2D eigenvalue weighted by Crippen LogP contribution is 2.31. The molecule has 1 saturated carbocycles. The summed E-state index contributed by atoms with van der Waals surface area (Å²) in [6.07, 6.45) is 4.14. The SMILES string of the molecule is CC1CCC(O)(CNC(=O)c2cc(F)cnc2Cl)CC1. The molecular formula is C14H18ClFN2O2. The summed E-state index contributed by atoms with van der Waals surface area (Å²) in [6, 6.07) is 1.04. The molecule has 1 heterocycles. The molecule has 20 heavy (non-hydrogen) atoms. The number of pyridine rings is 1. The molecule has 0 bridgehead atoms. The fourth-order valence-electron chi connectivity index (χ4n) is 2.40. The summed E-state index contributed by atoms with van der Waals surface area (Å²) in [5.74, 6) is -0.536. The molecule has 1 aliphatic rings. The third-order valence-electron chi connectivity index (χ3n) is 3.83. The molecule has 1 aliphatic carbocycles. The highest BCUT2D eigenvalue weighted by Gasteiger charge is 2.32. The van der Waals surface area contributed by atoms with Crippen LogP contribution in [-0.4, -0.2) is 28.1 Å². The van der Waals surface area contributed by atoms with Crippen molar-refractivity contribution in [2.75, 3.05) is 6.54 Å². The number of hydrogen-bond donors (Lipinski definition) is 2. The van der Waals surface area contributed by atoms with Gasteiger partial charge in [-0.25, -0.2) is 9.37 Å². The highest BCUT2D eigenvalue weighted by molar-refractivity contribution is 6.32. The summed E-state index contributed by atoms with van der Waals surface area (Å²) in [7, 11) is 0. The molecule has 0 aliphatic heterocycles. The molecule has 0 radical (unpaired) electrons. The molecule has 1 amide bonds. The summed E-state index contributed by atoms with van der Waals surface area (Å²) >= 11 is 5.77.